The van der Waals surface area contributed by atoms with Gasteiger partial charge in [-0.3, -0.25) is 4.79 Å². The Balaban J connectivity index is 1.72. The third-order valence-electron chi connectivity index (χ3n) is 2.07. The minimum absolute atomic E-state index is 0.125. The number of nitrogens with one attached hydrogen (secondary N) is 1. The number of carbonyl (C=O) groups excluding carboxylic acids is 1. The van der Waals surface area contributed by atoms with Crippen molar-refractivity contribution in [2.75, 3.05) is 0 Å². The Morgan fingerprint density at radius 3 is 3.11 bits per heavy atom. The minimum Gasteiger partial charge on any atom is -0.465 e. The molecule has 2 rings (SSSR count). The topological polar surface area (TPSA) is 54.6 Å². The van der Waals surface area contributed by atoms with E-state index in [9.17, 15) is 4.79 Å². The Labute approximate surface area is 109 Å². The molecule has 0 bridgehead atoms. The Morgan fingerprint density at radius 1 is 1.44 bits per heavy atom. The number of hydrogen-bond donors (Lipinski definition) is 1. The number of carbonyl (C=O) groups is 1. The average Bonchev–Trinajstić information content (AvgIpc) is 3.01. The van der Waals surface area contributed by atoms with Gasteiger partial charge >= 0.3 is 0 Å². The maximum atomic E-state index is 11.4. The van der Waals surface area contributed by atoms with Gasteiger partial charge in [-0.1, -0.05) is 6.07 Å². The Kier molecular flexibility index (Phi) is 4.49. The molecule has 1 amide bonds. The lowest BCUT2D eigenvalue weighted by Gasteiger charge is -1.95. The summed E-state index contributed by atoms with van der Waals surface area (Å²) < 4.78 is 5.10. The molecule has 5 heteroatoms. The maximum absolute atomic E-state index is 11.4. The van der Waals surface area contributed by atoms with Gasteiger partial charge in [-0.15, -0.1) is 11.3 Å². The molecule has 0 aromatic carbocycles. The average molecular weight is 260 g/mol. The van der Waals surface area contributed by atoms with Crippen LogP contribution in [0.15, 0.2) is 51.5 Å². The van der Waals surface area contributed by atoms with Gasteiger partial charge in [0.2, 0.25) is 5.91 Å². The number of nitrogens with zero attached hydrogens (tertiary/aromatic N) is 1. The normalized spacial score (nSPS) is 11.3. The van der Waals surface area contributed by atoms with Gasteiger partial charge in [0.25, 0.3) is 0 Å². The first-order chi connectivity index (χ1) is 8.84. The van der Waals surface area contributed by atoms with Crippen molar-refractivity contribution in [2.24, 2.45) is 5.10 Å². The first-order valence-electron chi connectivity index (χ1n) is 5.39. The van der Waals surface area contributed by atoms with Crippen molar-refractivity contribution in [1.82, 2.24) is 5.43 Å². The van der Waals surface area contributed by atoms with Gasteiger partial charge in [0.15, 0.2) is 0 Å². The molecule has 92 valence electrons. The lowest BCUT2D eigenvalue weighted by atomic mass is 10.3. The van der Waals surface area contributed by atoms with Gasteiger partial charge in [-0.25, -0.2) is 5.43 Å². The van der Waals surface area contributed by atoms with Crippen LogP contribution in [0, 0.1) is 0 Å². The van der Waals surface area contributed by atoms with Crippen molar-refractivity contribution in [3.63, 3.8) is 0 Å². The number of hydrazone groups is 1. The van der Waals surface area contributed by atoms with E-state index in [1.807, 2.05) is 23.6 Å². The van der Waals surface area contributed by atoms with Crippen LogP contribution in [0.2, 0.25) is 0 Å². The lowest BCUT2D eigenvalue weighted by molar-refractivity contribution is -0.120. The van der Waals surface area contributed by atoms with Crippen molar-refractivity contribution in [1.29, 1.82) is 0 Å². The van der Waals surface area contributed by atoms with Crippen LogP contribution in [0.5, 0.6) is 0 Å². The molecule has 0 unspecified atom stereocenters. The summed E-state index contributed by atoms with van der Waals surface area (Å²) in [6, 6.07) is 7.48. The number of thiophene rings is 1. The van der Waals surface area contributed by atoms with Gasteiger partial charge in [-0.05, 0) is 35.7 Å². The van der Waals surface area contributed by atoms with Crippen molar-refractivity contribution < 1.29 is 9.21 Å². The standard InChI is InChI=1S/C13H12N2O2S/c16-13(10-12-6-3-9-18-12)15-14-7-1-4-11-5-2-8-17-11/h1-9H,10H2,(H,15,16)/b4-1+,14-7-. The first kappa shape index (κ1) is 12.3. The Hall–Kier alpha value is -2.14. The second-order valence-corrected chi connectivity index (χ2v) is 4.48. The molecule has 0 aliphatic rings. The van der Waals surface area contributed by atoms with E-state index >= 15 is 0 Å². The molecule has 0 saturated heterocycles. The summed E-state index contributed by atoms with van der Waals surface area (Å²) in [7, 11) is 0. The predicted molar refractivity (Wildman–Crippen MR) is 72.4 cm³/mol. The highest BCUT2D eigenvalue weighted by molar-refractivity contribution is 7.10. The minimum atomic E-state index is -0.125. The fourth-order valence-corrected chi connectivity index (χ4v) is 1.99. The van der Waals surface area contributed by atoms with Crippen LogP contribution in [-0.2, 0) is 11.2 Å². The zero-order valence-electron chi connectivity index (χ0n) is 9.58. The molecule has 0 aliphatic carbocycles. The van der Waals surface area contributed by atoms with E-state index in [2.05, 4.69) is 10.5 Å². The van der Waals surface area contributed by atoms with E-state index in [-0.39, 0.29) is 5.91 Å². The summed E-state index contributed by atoms with van der Waals surface area (Å²) in [6.45, 7) is 0. The third-order valence-corrected chi connectivity index (χ3v) is 2.94. The summed E-state index contributed by atoms with van der Waals surface area (Å²) >= 11 is 1.55. The van der Waals surface area contributed by atoms with Crippen LogP contribution < -0.4 is 5.43 Å². The summed E-state index contributed by atoms with van der Waals surface area (Å²) in [5.74, 6) is 0.617. The Bertz CT molecular complexity index is 527. The summed E-state index contributed by atoms with van der Waals surface area (Å²) in [6.07, 6.45) is 6.92. The highest BCUT2D eigenvalue weighted by Crippen LogP contribution is 2.08. The van der Waals surface area contributed by atoms with Crippen molar-refractivity contribution in [3.05, 3.63) is 52.6 Å². The number of furan rings is 1. The molecular formula is C13H12N2O2S. The van der Waals surface area contributed by atoms with Gasteiger partial charge in [-0.2, -0.15) is 5.10 Å². The van der Waals surface area contributed by atoms with E-state index < -0.39 is 0 Å². The molecule has 0 radical (unpaired) electrons. The fourth-order valence-electron chi connectivity index (χ4n) is 1.29. The molecule has 0 fully saturated rings. The monoisotopic (exact) mass is 260 g/mol. The van der Waals surface area contributed by atoms with Gasteiger partial charge in [0, 0.05) is 11.1 Å². The molecule has 2 aromatic rings. The molecule has 0 aliphatic heterocycles. The molecule has 0 spiro atoms. The molecular weight excluding hydrogens is 248 g/mol. The zero-order chi connectivity index (χ0) is 12.6. The van der Waals surface area contributed by atoms with E-state index in [1.165, 1.54) is 6.21 Å². The van der Waals surface area contributed by atoms with Crippen molar-refractivity contribution in [2.45, 2.75) is 6.42 Å². The second-order valence-electron chi connectivity index (χ2n) is 3.44. The predicted octanol–water partition coefficient (Wildman–Crippen LogP) is 2.70. The van der Waals surface area contributed by atoms with Crippen LogP contribution in [-0.4, -0.2) is 12.1 Å². The van der Waals surface area contributed by atoms with Gasteiger partial charge in [0.1, 0.15) is 5.76 Å². The second kappa shape index (κ2) is 6.56. The maximum Gasteiger partial charge on any atom is 0.245 e. The van der Waals surface area contributed by atoms with Crippen molar-refractivity contribution >= 4 is 29.5 Å². The van der Waals surface area contributed by atoms with E-state index in [0.29, 0.717) is 6.42 Å². The lowest BCUT2D eigenvalue weighted by Crippen LogP contribution is -2.18. The highest BCUT2D eigenvalue weighted by Gasteiger charge is 2.01. The molecule has 0 saturated carbocycles. The number of allylic oxidation sites excluding steroid dienone is 1. The van der Waals surface area contributed by atoms with Crippen LogP contribution in [0.3, 0.4) is 0 Å². The summed E-state index contributed by atoms with van der Waals surface area (Å²) in [5.41, 5.74) is 2.46. The van der Waals surface area contributed by atoms with E-state index in [1.54, 1.807) is 35.8 Å². The Morgan fingerprint density at radius 2 is 2.39 bits per heavy atom. The number of hydrogen-bond acceptors (Lipinski definition) is 4. The largest absolute Gasteiger partial charge is 0.465 e. The quantitative estimate of drug-likeness (QED) is 0.663. The van der Waals surface area contributed by atoms with E-state index in [4.69, 9.17) is 4.42 Å². The van der Waals surface area contributed by atoms with Crippen LogP contribution >= 0.6 is 11.3 Å². The third kappa shape index (κ3) is 4.03. The summed E-state index contributed by atoms with van der Waals surface area (Å²) in [5, 5.41) is 5.75. The molecule has 1 N–H and O–H groups in total. The number of amides is 1. The molecule has 2 aromatic heterocycles. The molecule has 4 nitrogen and oxygen atoms in total. The van der Waals surface area contributed by atoms with Crippen LogP contribution in [0.1, 0.15) is 10.6 Å². The fraction of sp³-hybridized carbons (Fsp3) is 0.0769. The van der Waals surface area contributed by atoms with Crippen LogP contribution in [0.4, 0.5) is 0 Å². The molecule has 0 atom stereocenters. The molecule has 2 heterocycles. The van der Waals surface area contributed by atoms with Crippen LogP contribution in [0.25, 0.3) is 6.08 Å². The number of rotatable bonds is 5. The van der Waals surface area contributed by atoms with Gasteiger partial charge in [0.05, 0.1) is 12.7 Å². The summed E-state index contributed by atoms with van der Waals surface area (Å²) in [4.78, 5) is 12.5. The smallest absolute Gasteiger partial charge is 0.245 e. The SMILES string of the molecule is O=C(Cc1cccs1)N/N=C\C=C\c1ccco1. The van der Waals surface area contributed by atoms with Gasteiger partial charge < -0.3 is 4.42 Å². The zero-order valence-corrected chi connectivity index (χ0v) is 10.4. The first-order valence-corrected chi connectivity index (χ1v) is 6.27. The highest BCUT2D eigenvalue weighted by atomic mass is 32.1. The van der Waals surface area contributed by atoms with E-state index in [0.717, 1.165) is 10.6 Å². The molecule has 18 heavy (non-hydrogen) atoms. The van der Waals surface area contributed by atoms with Crippen molar-refractivity contribution in [3.8, 4) is 0 Å².